The molecule has 1 aliphatic rings. The summed E-state index contributed by atoms with van der Waals surface area (Å²) in [5.41, 5.74) is 17.5. The van der Waals surface area contributed by atoms with Gasteiger partial charge in [0.2, 0.25) is 0 Å². The lowest BCUT2D eigenvalue weighted by Crippen LogP contribution is -2.15. The van der Waals surface area contributed by atoms with Gasteiger partial charge in [0.1, 0.15) is 0 Å². The van der Waals surface area contributed by atoms with Crippen LogP contribution in [0.15, 0.2) is 225 Å². The average molecular weight is 814 g/mol. The van der Waals surface area contributed by atoms with Crippen LogP contribution in [-0.4, -0.2) is 4.57 Å². The molecule has 1 aromatic heterocycles. The number of fused-ring (bicyclic) bond motifs is 10. The molecule has 0 bridgehead atoms. The minimum atomic E-state index is -0.0883. The van der Waals surface area contributed by atoms with E-state index < -0.39 is 0 Å². The standard InChI is InChI=1S/C63H43N/c1-63(2)60-22-12-11-21-54(60)55-33-32-47(38-61(55)63)64-39-59(43-29-27-42(28-30-43)57-37-46-14-4-6-16-49(46)51-18-8-10-20-53(51)57)58-35-44(31-34-62(58)64)40-23-25-41(26-24-40)56-36-45-13-3-5-15-48(45)50-17-7-9-19-52(50)56/h3-39H,1-2H3. The summed E-state index contributed by atoms with van der Waals surface area (Å²) in [6, 6.07) is 81.1. The van der Waals surface area contributed by atoms with Gasteiger partial charge in [-0.05, 0) is 141 Å². The van der Waals surface area contributed by atoms with Gasteiger partial charge in [-0.1, -0.05) is 196 Å². The van der Waals surface area contributed by atoms with Gasteiger partial charge in [-0.25, -0.2) is 0 Å². The third-order valence-electron chi connectivity index (χ3n) is 14.2. The van der Waals surface area contributed by atoms with E-state index in [2.05, 4.69) is 243 Å². The van der Waals surface area contributed by atoms with Crippen molar-refractivity contribution in [2.45, 2.75) is 19.3 Å². The highest BCUT2D eigenvalue weighted by Crippen LogP contribution is 2.49. The Morgan fingerprint density at radius 3 is 1.38 bits per heavy atom. The summed E-state index contributed by atoms with van der Waals surface area (Å²) < 4.78 is 2.41. The Morgan fingerprint density at radius 2 is 0.766 bits per heavy atom. The van der Waals surface area contributed by atoms with Crippen LogP contribution >= 0.6 is 0 Å². The summed E-state index contributed by atoms with van der Waals surface area (Å²) >= 11 is 0. The summed E-state index contributed by atoms with van der Waals surface area (Å²) in [5, 5.41) is 11.5. The first-order valence-electron chi connectivity index (χ1n) is 22.4. The lowest BCUT2D eigenvalue weighted by Gasteiger charge is -2.22. The molecule has 13 rings (SSSR count). The Labute approximate surface area is 373 Å². The molecule has 0 spiro atoms. The van der Waals surface area contributed by atoms with Gasteiger partial charge < -0.3 is 4.57 Å². The van der Waals surface area contributed by atoms with Gasteiger partial charge in [0, 0.05) is 28.2 Å². The molecule has 0 fully saturated rings. The summed E-state index contributed by atoms with van der Waals surface area (Å²) in [6.07, 6.45) is 2.36. The van der Waals surface area contributed by atoms with Crippen LogP contribution in [0.4, 0.5) is 0 Å². The largest absolute Gasteiger partial charge is 0.316 e. The highest BCUT2D eigenvalue weighted by Gasteiger charge is 2.35. The quantitative estimate of drug-likeness (QED) is 0.153. The number of hydrogen-bond acceptors (Lipinski definition) is 0. The van der Waals surface area contributed by atoms with E-state index in [0.29, 0.717) is 0 Å². The smallest absolute Gasteiger partial charge is 0.0535 e. The van der Waals surface area contributed by atoms with Crippen LogP contribution in [0.25, 0.3) is 115 Å². The molecule has 64 heavy (non-hydrogen) atoms. The first kappa shape index (κ1) is 36.6. The topological polar surface area (TPSA) is 4.93 Å². The molecule has 0 amide bonds. The van der Waals surface area contributed by atoms with Crippen LogP contribution in [-0.2, 0) is 5.41 Å². The summed E-state index contributed by atoms with van der Waals surface area (Å²) in [6.45, 7) is 4.72. The van der Waals surface area contributed by atoms with Crippen LogP contribution in [0.1, 0.15) is 25.0 Å². The minimum absolute atomic E-state index is 0.0883. The second-order valence-corrected chi connectivity index (χ2v) is 18.1. The average Bonchev–Trinajstić information content (AvgIpc) is 3.85. The van der Waals surface area contributed by atoms with Crippen molar-refractivity contribution in [2.75, 3.05) is 0 Å². The van der Waals surface area contributed by atoms with Gasteiger partial charge in [0.15, 0.2) is 0 Å². The van der Waals surface area contributed by atoms with Gasteiger partial charge in [-0.2, -0.15) is 0 Å². The van der Waals surface area contributed by atoms with E-state index in [-0.39, 0.29) is 5.41 Å². The van der Waals surface area contributed by atoms with E-state index in [1.165, 1.54) is 126 Å². The lowest BCUT2D eigenvalue weighted by atomic mass is 9.82. The molecule has 0 radical (unpaired) electrons. The Balaban J connectivity index is 0.944. The second kappa shape index (κ2) is 14.0. The van der Waals surface area contributed by atoms with Gasteiger partial charge in [0.25, 0.3) is 0 Å². The number of nitrogens with zero attached hydrogens (tertiary/aromatic N) is 1. The van der Waals surface area contributed by atoms with Crippen LogP contribution in [0.5, 0.6) is 0 Å². The van der Waals surface area contributed by atoms with E-state index in [0.717, 1.165) is 0 Å². The molecule has 0 unspecified atom stereocenters. The van der Waals surface area contributed by atoms with E-state index in [4.69, 9.17) is 0 Å². The van der Waals surface area contributed by atoms with Gasteiger partial charge in [-0.3, -0.25) is 0 Å². The Kier molecular flexibility index (Phi) is 8.02. The summed E-state index contributed by atoms with van der Waals surface area (Å²) in [4.78, 5) is 0. The van der Waals surface area contributed by atoms with Crippen molar-refractivity contribution in [1.82, 2.24) is 4.57 Å². The predicted octanol–water partition coefficient (Wildman–Crippen LogP) is 17.2. The maximum Gasteiger partial charge on any atom is 0.0535 e. The predicted molar refractivity (Wildman–Crippen MR) is 273 cm³/mol. The van der Waals surface area contributed by atoms with Crippen molar-refractivity contribution in [3.63, 3.8) is 0 Å². The second-order valence-electron chi connectivity index (χ2n) is 18.1. The fraction of sp³-hybridized carbons (Fsp3) is 0.0476. The normalized spacial score (nSPS) is 13.0. The molecule has 12 aromatic rings. The van der Waals surface area contributed by atoms with Gasteiger partial charge >= 0.3 is 0 Å². The van der Waals surface area contributed by atoms with Gasteiger partial charge in [0.05, 0.1) is 5.52 Å². The van der Waals surface area contributed by atoms with E-state index in [1.807, 2.05) is 0 Å². The Hall–Kier alpha value is -8.00. The number of benzene rings is 11. The van der Waals surface area contributed by atoms with Crippen molar-refractivity contribution in [3.8, 4) is 61.3 Å². The monoisotopic (exact) mass is 813 g/mol. The molecule has 0 N–H and O–H groups in total. The van der Waals surface area contributed by atoms with Crippen molar-refractivity contribution < 1.29 is 0 Å². The van der Waals surface area contributed by atoms with Crippen LogP contribution < -0.4 is 0 Å². The molecule has 11 aromatic carbocycles. The SMILES string of the molecule is CC1(C)c2ccccc2-c2ccc(-n3cc(-c4ccc(-c5cc6ccccc6c6ccccc56)cc4)c4cc(-c5ccc(-c6cc7ccccc7c7ccccc67)cc5)ccc43)cc21. The first-order chi connectivity index (χ1) is 31.5. The maximum absolute atomic E-state index is 2.43. The fourth-order valence-electron chi connectivity index (χ4n) is 11.0. The van der Waals surface area contributed by atoms with Crippen molar-refractivity contribution >= 4 is 54.0 Å². The molecule has 0 aliphatic heterocycles. The fourth-order valence-corrected chi connectivity index (χ4v) is 11.0. The first-order valence-corrected chi connectivity index (χ1v) is 22.4. The third-order valence-corrected chi connectivity index (χ3v) is 14.2. The molecule has 1 aliphatic carbocycles. The Bertz CT molecular complexity index is 3840. The summed E-state index contributed by atoms with van der Waals surface area (Å²) in [7, 11) is 0. The van der Waals surface area contributed by atoms with E-state index in [9.17, 15) is 0 Å². The van der Waals surface area contributed by atoms with Crippen molar-refractivity contribution in [2.24, 2.45) is 0 Å². The highest BCUT2D eigenvalue weighted by atomic mass is 15.0. The molecule has 0 saturated heterocycles. The van der Waals surface area contributed by atoms with Crippen molar-refractivity contribution in [3.05, 3.63) is 236 Å². The molecular formula is C63H43N. The highest BCUT2D eigenvalue weighted by molar-refractivity contribution is 6.15. The van der Waals surface area contributed by atoms with E-state index >= 15 is 0 Å². The zero-order chi connectivity index (χ0) is 42.5. The zero-order valence-electron chi connectivity index (χ0n) is 35.8. The van der Waals surface area contributed by atoms with Crippen LogP contribution in [0.2, 0.25) is 0 Å². The summed E-state index contributed by atoms with van der Waals surface area (Å²) in [5.74, 6) is 0. The van der Waals surface area contributed by atoms with Crippen molar-refractivity contribution in [1.29, 1.82) is 0 Å². The maximum atomic E-state index is 2.43. The molecule has 0 saturated carbocycles. The van der Waals surface area contributed by atoms with Gasteiger partial charge in [-0.15, -0.1) is 0 Å². The molecule has 1 heteroatoms. The molecule has 1 heterocycles. The van der Waals surface area contributed by atoms with Crippen LogP contribution in [0.3, 0.4) is 0 Å². The number of hydrogen-bond donors (Lipinski definition) is 0. The lowest BCUT2D eigenvalue weighted by molar-refractivity contribution is 0.660. The molecule has 0 atom stereocenters. The zero-order valence-corrected chi connectivity index (χ0v) is 35.8. The number of rotatable bonds is 5. The minimum Gasteiger partial charge on any atom is -0.316 e. The molecule has 300 valence electrons. The Morgan fingerprint density at radius 1 is 0.297 bits per heavy atom. The molecular weight excluding hydrogens is 771 g/mol. The van der Waals surface area contributed by atoms with Crippen LogP contribution in [0, 0.1) is 0 Å². The molecule has 1 nitrogen and oxygen atoms in total. The number of aromatic nitrogens is 1. The third kappa shape index (κ3) is 5.57. The van der Waals surface area contributed by atoms with E-state index in [1.54, 1.807) is 0 Å².